The van der Waals surface area contributed by atoms with Crippen molar-refractivity contribution in [3.05, 3.63) is 48.5 Å². The fraction of sp³-hybridized carbons (Fsp3) is 0.350. The average molecular weight is 338 g/mol. The summed E-state index contributed by atoms with van der Waals surface area (Å²) in [4.78, 5) is 17.2. The molecule has 0 bridgehead atoms. The molecular formula is C20H22N2OS. The molecule has 1 N–H and O–H groups in total. The Labute approximate surface area is 147 Å². The number of benzene rings is 2. The molecule has 2 aliphatic rings. The first-order chi connectivity index (χ1) is 11.8. The number of fused-ring (bicyclic) bond motifs is 2. The van der Waals surface area contributed by atoms with Crippen LogP contribution >= 0.6 is 11.8 Å². The largest absolute Gasteiger partial charge is 0.335 e. The minimum Gasteiger partial charge on any atom is -0.335 e. The maximum Gasteiger partial charge on any atom is 0.326 e. The van der Waals surface area contributed by atoms with Gasteiger partial charge in [0.25, 0.3) is 0 Å². The van der Waals surface area contributed by atoms with Gasteiger partial charge >= 0.3 is 6.03 Å². The van der Waals surface area contributed by atoms with Crippen molar-refractivity contribution in [2.24, 2.45) is 0 Å². The van der Waals surface area contributed by atoms with Gasteiger partial charge in [-0.1, -0.05) is 61.7 Å². The molecule has 1 fully saturated rings. The van der Waals surface area contributed by atoms with Crippen LogP contribution in [0.25, 0.3) is 0 Å². The number of nitrogens with zero attached hydrogens (tertiary/aromatic N) is 1. The second kappa shape index (κ2) is 6.89. The van der Waals surface area contributed by atoms with Crippen LogP contribution in [-0.2, 0) is 0 Å². The van der Waals surface area contributed by atoms with Crippen molar-refractivity contribution in [2.75, 3.05) is 4.90 Å². The van der Waals surface area contributed by atoms with Crippen molar-refractivity contribution >= 4 is 29.2 Å². The van der Waals surface area contributed by atoms with Gasteiger partial charge in [0.1, 0.15) is 0 Å². The summed E-state index contributed by atoms with van der Waals surface area (Å²) in [5.74, 6) is 0. The van der Waals surface area contributed by atoms with Crippen LogP contribution in [0.15, 0.2) is 58.3 Å². The van der Waals surface area contributed by atoms with Crippen LogP contribution in [-0.4, -0.2) is 12.1 Å². The van der Waals surface area contributed by atoms with Gasteiger partial charge in [0.15, 0.2) is 0 Å². The molecule has 4 rings (SSSR count). The van der Waals surface area contributed by atoms with Gasteiger partial charge in [-0.2, -0.15) is 0 Å². The highest BCUT2D eigenvalue weighted by atomic mass is 32.2. The number of amides is 2. The maximum atomic E-state index is 13.1. The van der Waals surface area contributed by atoms with Crippen LogP contribution in [0.2, 0.25) is 0 Å². The first-order valence-electron chi connectivity index (χ1n) is 8.79. The van der Waals surface area contributed by atoms with Crippen molar-refractivity contribution in [3.63, 3.8) is 0 Å². The number of urea groups is 1. The summed E-state index contributed by atoms with van der Waals surface area (Å²) in [5, 5.41) is 3.29. The van der Waals surface area contributed by atoms with E-state index in [1.54, 1.807) is 11.8 Å². The molecular weight excluding hydrogens is 316 g/mol. The van der Waals surface area contributed by atoms with Crippen LogP contribution in [0.1, 0.15) is 38.5 Å². The van der Waals surface area contributed by atoms with Crippen molar-refractivity contribution in [2.45, 2.75) is 54.4 Å². The number of hydrogen-bond acceptors (Lipinski definition) is 2. The zero-order valence-electron chi connectivity index (χ0n) is 13.7. The maximum absolute atomic E-state index is 13.1. The minimum atomic E-state index is 0.00194. The van der Waals surface area contributed by atoms with Gasteiger partial charge in [0.05, 0.1) is 11.4 Å². The van der Waals surface area contributed by atoms with E-state index in [9.17, 15) is 4.79 Å². The van der Waals surface area contributed by atoms with Gasteiger partial charge in [-0.15, -0.1) is 0 Å². The molecule has 1 saturated carbocycles. The van der Waals surface area contributed by atoms with Crippen LogP contribution in [0, 0.1) is 0 Å². The molecule has 124 valence electrons. The monoisotopic (exact) mass is 338 g/mol. The second-order valence-corrected chi connectivity index (χ2v) is 7.59. The molecule has 3 nitrogen and oxygen atoms in total. The van der Waals surface area contributed by atoms with E-state index in [-0.39, 0.29) is 6.03 Å². The third kappa shape index (κ3) is 3.03. The van der Waals surface area contributed by atoms with Crippen molar-refractivity contribution in [1.82, 2.24) is 5.32 Å². The van der Waals surface area contributed by atoms with E-state index in [1.807, 2.05) is 41.3 Å². The van der Waals surface area contributed by atoms with E-state index in [4.69, 9.17) is 0 Å². The van der Waals surface area contributed by atoms with Crippen LogP contribution in [0.5, 0.6) is 0 Å². The quantitative estimate of drug-likeness (QED) is 0.674. The van der Waals surface area contributed by atoms with E-state index in [0.717, 1.165) is 34.0 Å². The fourth-order valence-electron chi connectivity index (χ4n) is 3.59. The lowest BCUT2D eigenvalue weighted by molar-refractivity contribution is 0.243. The van der Waals surface area contributed by atoms with Crippen LogP contribution < -0.4 is 10.2 Å². The Morgan fingerprint density at radius 1 is 0.875 bits per heavy atom. The Kier molecular flexibility index (Phi) is 4.48. The summed E-state index contributed by atoms with van der Waals surface area (Å²) >= 11 is 1.73. The zero-order chi connectivity index (χ0) is 16.4. The Morgan fingerprint density at radius 3 is 2.00 bits per heavy atom. The zero-order valence-corrected chi connectivity index (χ0v) is 14.5. The molecule has 0 radical (unpaired) electrons. The van der Waals surface area contributed by atoms with Crippen LogP contribution in [0.4, 0.5) is 16.2 Å². The van der Waals surface area contributed by atoms with E-state index in [0.29, 0.717) is 6.04 Å². The molecule has 1 heterocycles. The lowest BCUT2D eigenvalue weighted by atomic mass is 10.1. The predicted molar refractivity (Wildman–Crippen MR) is 99.2 cm³/mol. The van der Waals surface area contributed by atoms with E-state index < -0.39 is 0 Å². The molecule has 1 aliphatic heterocycles. The SMILES string of the molecule is O=C(NC1CCCCCC1)N1c2ccccc2Sc2ccccc21. The minimum absolute atomic E-state index is 0.00194. The van der Waals surface area contributed by atoms with Crippen molar-refractivity contribution in [1.29, 1.82) is 0 Å². The molecule has 0 spiro atoms. The normalized spacial score (nSPS) is 17.6. The van der Waals surface area contributed by atoms with Gasteiger partial charge in [-0.3, -0.25) is 4.90 Å². The number of carbonyl (C=O) groups is 1. The number of nitrogens with one attached hydrogen (secondary N) is 1. The van der Waals surface area contributed by atoms with Gasteiger partial charge in [-0.25, -0.2) is 4.79 Å². The molecule has 0 aromatic heterocycles. The van der Waals surface area contributed by atoms with E-state index >= 15 is 0 Å². The number of rotatable bonds is 1. The van der Waals surface area contributed by atoms with E-state index in [2.05, 4.69) is 17.4 Å². The highest BCUT2D eigenvalue weighted by Crippen LogP contribution is 2.47. The molecule has 2 amide bonds. The summed E-state index contributed by atoms with van der Waals surface area (Å²) in [6.07, 6.45) is 7.20. The molecule has 2 aromatic carbocycles. The molecule has 0 atom stereocenters. The fourth-order valence-corrected chi connectivity index (χ4v) is 4.64. The van der Waals surface area contributed by atoms with Gasteiger partial charge < -0.3 is 5.32 Å². The lowest BCUT2D eigenvalue weighted by Gasteiger charge is -2.32. The van der Waals surface area contributed by atoms with Gasteiger partial charge in [-0.05, 0) is 37.1 Å². The second-order valence-electron chi connectivity index (χ2n) is 6.51. The summed E-state index contributed by atoms with van der Waals surface area (Å²) in [6, 6.07) is 16.6. The summed E-state index contributed by atoms with van der Waals surface area (Å²) in [7, 11) is 0. The third-order valence-electron chi connectivity index (χ3n) is 4.82. The number of anilines is 2. The molecule has 0 saturated heterocycles. The first-order valence-corrected chi connectivity index (χ1v) is 9.61. The molecule has 1 aliphatic carbocycles. The van der Waals surface area contributed by atoms with Gasteiger partial charge in [0, 0.05) is 15.8 Å². The number of para-hydroxylation sites is 2. The summed E-state index contributed by atoms with van der Waals surface area (Å²) in [5.41, 5.74) is 1.96. The highest BCUT2D eigenvalue weighted by molar-refractivity contribution is 7.99. The molecule has 24 heavy (non-hydrogen) atoms. The van der Waals surface area contributed by atoms with Gasteiger partial charge in [0.2, 0.25) is 0 Å². The topological polar surface area (TPSA) is 32.3 Å². The number of hydrogen-bond donors (Lipinski definition) is 1. The first kappa shape index (κ1) is 15.6. The predicted octanol–water partition coefficient (Wildman–Crippen LogP) is 5.72. The smallest absolute Gasteiger partial charge is 0.326 e. The Balaban J connectivity index is 1.65. The standard InChI is InChI=1S/C20H22N2OS/c23-20(21-15-9-3-1-2-4-10-15)22-16-11-5-7-13-18(16)24-19-14-8-6-12-17(19)22/h5-8,11-15H,1-4,9-10H2,(H,21,23). The Morgan fingerprint density at radius 2 is 1.42 bits per heavy atom. The van der Waals surface area contributed by atoms with Crippen molar-refractivity contribution < 1.29 is 4.79 Å². The third-order valence-corrected chi connectivity index (χ3v) is 5.95. The number of carbonyl (C=O) groups excluding carboxylic acids is 1. The average Bonchev–Trinajstić information content (AvgIpc) is 2.88. The summed E-state index contributed by atoms with van der Waals surface area (Å²) < 4.78 is 0. The Bertz CT molecular complexity index is 692. The highest BCUT2D eigenvalue weighted by Gasteiger charge is 2.29. The van der Waals surface area contributed by atoms with Crippen molar-refractivity contribution in [3.8, 4) is 0 Å². The van der Waals surface area contributed by atoms with Crippen LogP contribution in [0.3, 0.4) is 0 Å². The lowest BCUT2D eigenvalue weighted by Crippen LogP contribution is -2.43. The summed E-state index contributed by atoms with van der Waals surface area (Å²) in [6.45, 7) is 0. The molecule has 0 unspecified atom stereocenters. The van der Waals surface area contributed by atoms with E-state index in [1.165, 1.54) is 25.7 Å². The molecule has 4 heteroatoms. The Hall–Kier alpha value is -1.94. The molecule has 2 aromatic rings.